The van der Waals surface area contributed by atoms with E-state index in [2.05, 4.69) is 92.9 Å². The van der Waals surface area contributed by atoms with Gasteiger partial charge >= 0.3 is 0 Å². The Bertz CT molecular complexity index is 1050. The highest BCUT2D eigenvalue weighted by atomic mass is 127. The molecule has 0 amide bonds. The Balaban J connectivity index is 0.00000306. The van der Waals surface area contributed by atoms with E-state index in [0.717, 1.165) is 45.2 Å². The summed E-state index contributed by atoms with van der Waals surface area (Å²) in [5, 5.41) is 10.6. The first kappa shape index (κ1) is 25.5. The molecule has 4 rings (SSSR count). The maximum atomic E-state index is 4.57. The lowest BCUT2D eigenvalue weighted by Gasteiger charge is -2.37. The molecule has 0 spiro atoms. The molecule has 0 aliphatic carbocycles. The number of hydrogen-bond donors (Lipinski definition) is 1. The van der Waals surface area contributed by atoms with E-state index in [1.54, 1.807) is 0 Å². The summed E-state index contributed by atoms with van der Waals surface area (Å²) >= 11 is 0. The molecule has 3 aromatic rings. The van der Waals surface area contributed by atoms with Crippen LogP contribution < -0.4 is 5.32 Å². The molecule has 1 aliphatic heterocycles. The molecule has 33 heavy (non-hydrogen) atoms. The molecule has 1 aliphatic rings. The van der Waals surface area contributed by atoms with Gasteiger partial charge < -0.3 is 15.1 Å². The number of nitrogens with one attached hydrogen (secondary N) is 1. The van der Waals surface area contributed by atoms with Crippen molar-refractivity contribution < 1.29 is 0 Å². The Kier molecular flexibility index (Phi) is 9.10. The van der Waals surface area contributed by atoms with Crippen LogP contribution >= 0.6 is 24.0 Å². The van der Waals surface area contributed by atoms with Gasteiger partial charge in [-0.1, -0.05) is 42.5 Å². The maximum absolute atomic E-state index is 4.57. The average molecular weight is 562 g/mol. The zero-order valence-electron chi connectivity index (χ0n) is 20.1. The lowest BCUT2D eigenvalue weighted by molar-refractivity contribution is 0.172. The van der Waals surface area contributed by atoms with Crippen LogP contribution in [0.3, 0.4) is 0 Å². The normalized spacial score (nSPS) is 16.2. The van der Waals surface area contributed by atoms with Crippen molar-refractivity contribution in [3.05, 3.63) is 66.0 Å². The summed E-state index contributed by atoms with van der Waals surface area (Å²) in [6.07, 6.45) is 4.03. The number of nitrogens with zero attached hydrogens (tertiary/aromatic N) is 6. The molecular weight excluding hydrogens is 525 g/mol. The highest BCUT2D eigenvalue weighted by molar-refractivity contribution is 14.0. The van der Waals surface area contributed by atoms with Crippen molar-refractivity contribution in [2.24, 2.45) is 12.0 Å². The molecule has 0 bridgehead atoms. The summed E-state index contributed by atoms with van der Waals surface area (Å²) in [7, 11) is 8.04. The van der Waals surface area contributed by atoms with Crippen molar-refractivity contribution in [2.75, 3.05) is 53.9 Å². The van der Waals surface area contributed by atoms with Crippen molar-refractivity contribution in [3.63, 3.8) is 0 Å². The molecule has 1 saturated heterocycles. The smallest absolute Gasteiger partial charge is 0.193 e. The van der Waals surface area contributed by atoms with Gasteiger partial charge in [-0.3, -0.25) is 14.6 Å². The lowest BCUT2D eigenvalue weighted by atomic mass is 10.0. The maximum Gasteiger partial charge on any atom is 0.193 e. The zero-order chi connectivity index (χ0) is 22.5. The van der Waals surface area contributed by atoms with E-state index in [0.29, 0.717) is 0 Å². The summed E-state index contributed by atoms with van der Waals surface area (Å²) < 4.78 is 1.86. The van der Waals surface area contributed by atoms with Crippen LogP contribution in [0.25, 0.3) is 10.8 Å². The number of halogens is 1. The van der Waals surface area contributed by atoms with Crippen molar-refractivity contribution in [1.29, 1.82) is 0 Å². The van der Waals surface area contributed by atoms with E-state index < -0.39 is 0 Å². The van der Waals surface area contributed by atoms with Crippen LogP contribution in [0.5, 0.6) is 0 Å². The molecule has 2 heterocycles. The van der Waals surface area contributed by atoms with E-state index in [1.165, 1.54) is 21.9 Å². The van der Waals surface area contributed by atoms with Crippen molar-refractivity contribution >= 4 is 40.7 Å². The van der Waals surface area contributed by atoms with Crippen LogP contribution in [-0.2, 0) is 13.6 Å². The molecule has 2 aromatic carbocycles. The molecule has 7 nitrogen and oxygen atoms in total. The zero-order valence-corrected chi connectivity index (χ0v) is 22.4. The molecule has 8 heteroatoms. The van der Waals surface area contributed by atoms with Crippen molar-refractivity contribution in [1.82, 2.24) is 29.8 Å². The standard InChI is InChI=1S/C25H35N7.HI/c1-26-25(27-17-24(29(2)3)22-16-28-30(4)18-22)32-14-12-31(13-15-32)19-21-10-7-9-20-8-5-6-11-23(20)21;/h5-11,16,18,24H,12-15,17,19H2,1-4H3,(H,26,27);1H. The van der Waals surface area contributed by atoms with E-state index in [1.807, 2.05) is 25.0 Å². The number of rotatable bonds is 6. The van der Waals surface area contributed by atoms with Gasteiger partial charge in [0.1, 0.15) is 0 Å². The second-order valence-electron chi connectivity index (χ2n) is 8.76. The summed E-state index contributed by atoms with van der Waals surface area (Å²) in [4.78, 5) is 11.7. The molecule has 178 valence electrons. The fourth-order valence-electron chi connectivity index (χ4n) is 4.52. The largest absolute Gasteiger partial charge is 0.354 e. The molecular formula is C25H36IN7. The molecule has 1 aromatic heterocycles. The molecule has 1 atom stereocenters. The second-order valence-corrected chi connectivity index (χ2v) is 8.76. The van der Waals surface area contributed by atoms with E-state index in [4.69, 9.17) is 0 Å². The Hall–Kier alpha value is -2.17. The first-order chi connectivity index (χ1) is 15.5. The van der Waals surface area contributed by atoms with Crippen LogP contribution in [0.2, 0.25) is 0 Å². The van der Waals surface area contributed by atoms with Crippen LogP contribution in [0, 0.1) is 0 Å². The summed E-state index contributed by atoms with van der Waals surface area (Å²) in [6.45, 7) is 5.80. The van der Waals surface area contributed by atoms with Crippen LogP contribution in [0.1, 0.15) is 17.2 Å². The van der Waals surface area contributed by atoms with Gasteiger partial charge in [0.05, 0.1) is 12.2 Å². The third-order valence-electron chi connectivity index (χ3n) is 6.34. The number of benzene rings is 2. The van der Waals surface area contributed by atoms with E-state index in [9.17, 15) is 0 Å². The first-order valence-electron chi connectivity index (χ1n) is 11.3. The van der Waals surface area contributed by atoms with Gasteiger partial charge in [-0.05, 0) is 30.4 Å². The van der Waals surface area contributed by atoms with Gasteiger partial charge in [0.2, 0.25) is 0 Å². The molecule has 1 fully saturated rings. The Morgan fingerprint density at radius 1 is 1.09 bits per heavy atom. The average Bonchev–Trinajstić information content (AvgIpc) is 3.23. The van der Waals surface area contributed by atoms with E-state index in [-0.39, 0.29) is 30.0 Å². The minimum Gasteiger partial charge on any atom is -0.354 e. The number of aryl methyl sites for hydroxylation is 1. The van der Waals surface area contributed by atoms with Gasteiger partial charge in [0.25, 0.3) is 0 Å². The first-order valence-corrected chi connectivity index (χ1v) is 11.3. The number of fused-ring (bicyclic) bond motifs is 1. The Morgan fingerprint density at radius 2 is 1.82 bits per heavy atom. The fourth-order valence-corrected chi connectivity index (χ4v) is 4.52. The third-order valence-corrected chi connectivity index (χ3v) is 6.34. The SMILES string of the molecule is CN=C(NCC(c1cnn(C)c1)N(C)C)N1CCN(Cc2cccc3ccccc23)CC1.I. The second kappa shape index (κ2) is 11.8. The van der Waals surface area contributed by atoms with E-state index >= 15 is 0 Å². The quantitative estimate of drug-likeness (QED) is 0.285. The van der Waals surface area contributed by atoms with Crippen LogP contribution in [0.15, 0.2) is 59.9 Å². The molecule has 1 unspecified atom stereocenters. The number of piperazine rings is 1. The number of aliphatic imine (C=N–C) groups is 1. The minimum absolute atomic E-state index is 0. The van der Waals surface area contributed by atoms with Gasteiger partial charge in [-0.2, -0.15) is 5.10 Å². The van der Waals surface area contributed by atoms with Crippen LogP contribution in [-0.4, -0.2) is 84.3 Å². The molecule has 0 radical (unpaired) electrons. The van der Waals surface area contributed by atoms with Crippen molar-refractivity contribution in [3.8, 4) is 0 Å². The summed E-state index contributed by atoms with van der Waals surface area (Å²) in [5.41, 5.74) is 2.62. The van der Waals surface area contributed by atoms with Gasteiger partial charge in [-0.25, -0.2) is 0 Å². The summed E-state index contributed by atoms with van der Waals surface area (Å²) in [6, 6.07) is 15.5. The van der Waals surface area contributed by atoms with Gasteiger partial charge in [-0.15, -0.1) is 24.0 Å². The molecule has 0 saturated carbocycles. The van der Waals surface area contributed by atoms with Gasteiger partial charge in [0.15, 0.2) is 5.96 Å². The highest BCUT2D eigenvalue weighted by Gasteiger charge is 2.22. The summed E-state index contributed by atoms with van der Waals surface area (Å²) in [5.74, 6) is 0.977. The minimum atomic E-state index is 0. The fraction of sp³-hybridized carbons (Fsp3) is 0.440. The monoisotopic (exact) mass is 561 g/mol. The Labute approximate surface area is 214 Å². The molecule has 1 N–H and O–H groups in total. The van der Waals surface area contributed by atoms with Crippen LogP contribution in [0.4, 0.5) is 0 Å². The third kappa shape index (κ3) is 6.24. The predicted octanol–water partition coefficient (Wildman–Crippen LogP) is 3.19. The number of hydrogen-bond acceptors (Lipinski definition) is 4. The highest BCUT2D eigenvalue weighted by Crippen LogP contribution is 2.21. The lowest BCUT2D eigenvalue weighted by Crippen LogP contribution is -2.53. The van der Waals surface area contributed by atoms with Gasteiger partial charge in [0, 0.05) is 65.1 Å². The Morgan fingerprint density at radius 3 is 2.48 bits per heavy atom. The topological polar surface area (TPSA) is 51.9 Å². The predicted molar refractivity (Wildman–Crippen MR) is 147 cm³/mol. The number of likely N-dealkylation sites (N-methyl/N-ethyl adjacent to an activating group) is 1. The number of aromatic nitrogens is 2. The van der Waals surface area contributed by atoms with Crippen molar-refractivity contribution in [2.45, 2.75) is 12.6 Å². The number of guanidine groups is 1.